The molecular formula is C20H19ClO5. The smallest absolute Gasteiger partial charge is 0.344 e. The van der Waals surface area contributed by atoms with Gasteiger partial charge in [-0.15, -0.1) is 0 Å². The third-order valence-corrected chi connectivity index (χ3v) is 4.18. The number of benzene rings is 2. The molecule has 1 aliphatic rings. The number of halogens is 1. The molecule has 0 N–H and O–H groups in total. The molecule has 6 heteroatoms. The molecule has 1 aliphatic heterocycles. The van der Waals surface area contributed by atoms with E-state index in [4.69, 9.17) is 25.8 Å². The van der Waals surface area contributed by atoms with E-state index in [0.717, 1.165) is 12.0 Å². The first-order valence-corrected chi connectivity index (χ1v) is 8.60. The number of ketones is 1. The largest absolute Gasteiger partial charge is 0.483 e. The van der Waals surface area contributed by atoms with Crippen molar-refractivity contribution in [3.05, 3.63) is 58.6 Å². The van der Waals surface area contributed by atoms with Crippen molar-refractivity contribution < 1.29 is 23.8 Å². The molecular weight excluding hydrogens is 356 g/mol. The molecule has 0 saturated heterocycles. The van der Waals surface area contributed by atoms with Crippen molar-refractivity contribution in [3.8, 4) is 11.5 Å². The van der Waals surface area contributed by atoms with Crippen LogP contribution in [0.5, 0.6) is 11.5 Å². The summed E-state index contributed by atoms with van der Waals surface area (Å²) in [7, 11) is 0. The fourth-order valence-electron chi connectivity index (χ4n) is 2.74. The molecule has 0 amide bonds. The van der Waals surface area contributed by atoms with Crippen LogP contribution in [0.3, 0.4) is 0 Å². The maximum atomic E-state index is 12.0. The van der Waals surface area contributed by atoms with Crippen LogP contribution in [0.15, 0.2) is 42.5 Å². The molecule has 136 valence electrons. The van der Waals surface area contributed by atoms with E-state index in [1.54, 1.807) is 30.3 Å². The van der Waals surface area contributed by atoms with E-state index in [1.807, 2.05) is 26.0 Å². The third-order valence-electron chi connectivity index (χ3n) is 3.93. The summed E-state index contributed by atoms with van der Waals surface area (Å²) in [5.74, 6) is 0.222. The molecule has 0 aromatic heterocycles. The van der Waals surface area contributed by atoms with E-state index in [-0.39, 0.29) is 24.6 Å². The van der Waals surface area contributed by atoms with E-state index in [1.165, 1.54) is 0 Å². The van der Waals surface area contributed by atoms with Crippen LogP contribution in [-0.2, 0) is 16.0 Å². The van der Waals surface area contributed by atoms with Gasteiger partial charge in [0.05, 0.1) is 0 Å². The van der Waals surface area contributed by atoms with E-state index in [9.17, 15) is 9.59 Å². The summed E-state index contributed by atoms with van der Waals surface area (Å²) in [4.78, 5) is 23.9. The van der Waals surface area contributed by atoms with Gasteiger partial charge in [-0.05, 0) is 44.2 Å². The first kappa shape index (κ1) is 18.3. The van der Waals surface area contributed by atoms with Crippen LogP contribution in [0.25, 0.3) is 0 Å². The second-order valence-corrected chi connectivity index (χ2v) is 7.10. The molecule has 0 atom stereocenters. The summed E-state index contributed by atoms with van der Waals surface area (Å²) in [6.07, 6.45) is 0.777. The minimum Gasteiger partial charge on any atom is -0.483 e. The minimum absolute atomic E-state index is 0.297. The number of fused-ring (bicyclic) bond motifs is 1. The van der Waals surface area contributed by atoms with Gasteiger partial charge < -0.3 is 14.2 Å². The highest BCUT2D eigenvalue weighted by Crippen LogP contribution is 2.41. The van der Waals surface area contributed by atoms with E-state index < -0.39 is 5.97 Å². The monoisotopic (exact) mass is 374 g/mol. The van der Waals surface area contributed by atoms with E-state index >= 15 is 0 Å². The molecule has 0 saturated carbocycles. The molecule has 0 spiro atoms. The van der Waals surface area contributed by atoms with Gasteiger partial charge >= 0.3 is 5.97 Å². The third kappa shape index (κ3) is 4.35. The molecule has 0 bridgehead atoms. The first-order valence-electron chi connectivity index (χ1n) is 8.22. The SMILES string of the molecule is CC1(C)Cc2cccc(OCC(=O)OCC(=O)c3ccc(Cl)cc3)c2O1. The van der Waals surface area contributed by atoms with Gasteiger partial charge in [0.25, 0.3) is 0 Å². The highest BCUT2D eigenvalue weighted by molar-refractivity contribution is 6.30. The lowest BCUT2D eigenvalue weighted by Crippen LogP contribution is -2.25. The number of hydrogen-bond acceptors (Lipinski definition) is 5. The van der Waals surface area contributed by atoms with E-state index in [0.29, 0.717) is 22.1 Å². The van der Waals surface area contributed by atoms with Crippen LogP contribution in [0.2, 0.25) is 5.02 Å². The summed E-state index contributed by atoms with van der Waals surface area (Å²) in [5.41, 5.74) is 1.17. The van der Waals surface area contributed by atoms with Crippen molar-refractivity contribution >= 4 is 23.4 Å². The summed E-state index contributed by atoms with van der Waals surface area (Å²) in [6, 6.07) is 12.0. The van der Waals surface area contributed by atoms with Gasteiger partial charge in [0, 0.05) is 22.6 Å². The van der Waals surface area contributed by atoms with Gasteiger partial charge in [-0.2, -0.15) is 0 Å². The summed E-state index contributed by atoms with van der Waals surface area (Å²) < 4.78 is 16.4. The Morgan fingerprint density at radius 1 is 1.12 bits per heavy atom. The standard InChI is InChI=1S/C20H19ClO5/c1-20(2)10-14-4-3-5-17(19(14)26-20)24-12-18(23)25-11-16(22)13-6-8-15(21)9-7-13/h3-9H,10-12H2,1-2H3. The van der Waals surface area contributed by atoms with Crippen LogP contribution in [0, 0.1) is 0 Å². The van der Waals surface area contributed by atoms with Gasteiger partial charge in [-0.25, -0.2) is 4.79 Å². The summed E-state index contributed by atoms with van der Waals surface area (Å²) >= 11 is 5.78. The topological polar surface area (TPSA) is 61.8 Å². The zero-order valence-electron chi connectivity index (χ0n) is 14.6. The Balaban J connectivity index is 1.52. The Bertz CT molecular complexity index is 827. The summed E-state index contributed by atoms with van der Waals surface area (Å²) in [5, 5.41) is 0.535. The van der Waals surface area contributed by atoms with E-state index in [2.05, 4.69) is 0 Å². The predicted octanol–water partition coefficient (Wildman–Crippen LogP) is 3.86. The lowest BCUT2D eigenvalue weighted by molar-refractivity contribution is -0.144. The lowest BCUT2D eigenvalue weighted by Gasteiger charge is -2.18. The van der Waals surface area contributed by atoms with Crippen LogP contribution in [0.1, 0.15) is 29.8 Å². The van der Waals surface area contributed by atoms with Crippen molar-refractivity contribution in [2.45, 2.75) is 25.9 Å². The van der Waals surface area contributed by atoms with Crippen molar-refractivity contribution in [3.63, 3.8) is 0 Å². The van der Waals surface area contributed by atoms with Gasteiger partial charge in [-0.1, -0.05) is 23.7 Å². The average molecular weight is 375 g/mol. The van der Waals surface area contributed by atoms with Crippen molar-refractivity contribution in [2.24, 2.45) is 0 Å². The predicted molar refractivity (Wildman–Crippen MR) is 97.1 cm³/mol. The molecule has 0 aliphatic carbocycles. The molecule has 0 radical (unpaired) electrons. The van der Waals surface area contributed by atoms with Gasteiger partial charge in [0.1, 0.15) is 5.60 Å². The van der Waals surface area contributed by atoms with Crippen molar-refractivity contribution in [2.75, 3.05) is 13.2 Å². The van der Waals surface area contributed by atoms with Gasteiger partial charge in [0.15, 0.2) is 30.5 Å². The van der Waals surface area contributed by atoms with Crippen LogP contribution >= 0.6 is 11.6 Å². The zero-order valence-corrected chi connectivity index (χ0v) is 15.3. The molecule has 5 nitrogen and oxygen atoms in total. The number of ether oxygens (including phenoxy) is 3. The second kappa shape index (κ2) is 7.38. The molecule has 0 unspecified atom stereocenters. The number of hydrogen-bond donors (Lipinski definition) is 0. The molecule has 2 aromatic carbocycles. The maximum Gasteiger partial charge on any atom is 0.344 e. The number of carbonyl (C=O) groups excluding carboxylic acids is 2. The second-order valence-electron chi connectivity index (χ2n) is 6.66. The fraction of sp³-hybridized carbons (Fsp3) is 0.300. The maximum absolute atomic E-state index is 12.0. The van der Waals surface area contributed by atoms with Crippen LogP contribution in [-0.4, -0.2) is 30.6 Å². The fourth-order valence-corrected chi connectivity index (χ4v) is 2.87. The normalized spacial score (nSPS) is 14.3. The van der Waals surface area contributed by atoms with Crippen LogP contribution in [0.4, 0.5) is 0 Å². The first-order chi connectivity index (χ1) is 12.3. The Kier molecular flexibility index (Phi) is 5.18. The minimum atomic E-state index is -0.623. The number of para-hydroxylation sites is 1. The van der Waals surface area contributed by atoms with Crippen LogP contribution < -0.4 is 9.47 Å². The highest BCUT2D eigenvalue weighted by Gasteiger charge is 2.32. The number of carbonyl (C=O) groups is 2. The van der Waals surface area contributed by atoms with Gasteiger partial charge in [0.2, 0.25) is 0 Å². The molecule has 2 aromatic rings. The zero-order chi connectivity index (χ0) is 18.7. The summed E-state index contributed by atoms with van der Waals surface area (Å²) in [6.45, 7) is 3.34. The Hall–Kier alpha value is -2.53. The molecule has 26 heavy (non-hydrogen) atoms. The Labute approximate surface area is 156 Å². The molecule has 1 heterocycles. The number of esters is 1. The van der Waals surface area contributed by atoms with Gasteiger partial charge in [-0.3, -0.25) is 4.79 Å². The van der Waals surface area contributed by atoms with Crippen molar-refractivity contribution in [1.82, 2.24) is 0 Å². The number of rotatable bonds is 6. The number of Topliss-reactive ketones (excluding diaryl/α,β-unsaturated/α-hetero) is 1. The van der Waals surface area contributed by atoms with Crippen molar-refractivity contribution in [1.29, 1.82) is 0 Å². The Morgan fingerprint density at radius 3 is 2.58 bits per heavy atom. The molecule has 3 rings (SSSR count). The highest BCUT2D eigenvalue weighted by atomic mass is 35.5. The lowest BCUT2D eigenvalue weighted by atomic mass is 10.0. The molecule has 0 fully saturated rings. The Morgan fingerprint density at radius 2 is 1.85 bits per heavy atom. The average Bonchev–Trinajstić information content (AvgIpc) is 2.92. The quantitative estimate of drug-likeness (QED) is 0.567.